The molecule has 0 spiro atoms. The van der Waals surface area contributed by atoms with Gasteiger partial charge in [0.2, 0.25) is 0 Å². The number of nitrogens with one attached hydrogen (secondary N) is 1. The van der Waals surface area contributed by atoms with Gasteiger partial charge < -0.3 is 5.32 Å². The van der Waals surface area contributed by atoms with Crippen LogP contribution in [0.1, 0.15) is 24.1 Å². The molecule has 0 bridgehead atoms. The first kappa shape index (κ1) is 15.9. The molecule has 2 aromatic rings. The molecule has 0 heterocycles. The zero-order valence-corrected chi connectivity index (χ0v) is 12.2. The second-order valence-electron chi connectivity index (χ2n) is 4.69. The fourth-order valence-corrected chi connectivity index (χ4v) is 2.42. The van der Waals surface area contributed by atoms with E-state index in [9.17, 15) is 13.2 Å². The van der Waals surface area contributed by atoms with Crippen LogP contribution in [0, 0.1) is 17.5 Å². The Bertz CT molecular complexity index is 631. The largest absolute Gasteiger partial charge is 0.310 e. The van der Waals surface area contributed by atoms with Gasteiger partial charge in [0.15, 0.2) is 0 Å². The Morgan fingerprint density at radius 2 is 1.90 bits per heavy atom. The van der Waals surface area contributed by atoms with Crippen LogP contribution in [0.15, 0.2) is 36.4 Å². The minimum absolute atomic E-state index is 0.0231. The fraction of sp³-hybridized carbons (Fsp3) is 0.250. The number of likely N-dealkylation sites (N-methyl/N-ethyl adjacent to an activating group) is 1. The lowest BCUT2D eigenvalue weighted by Crippen LogP contribution is -2.24. The summed E-state index contributed by atoms with van der Waals surface area (Å²) in [7, 11) is 0. The second kappa shape index (κ2) is 6.96. The highest BCUT2D eigenvalue weighted by Gasteiger charge is 2.19. The van der Waals surface area contributed by atoms with Gasteiger partial charge in [-0.2, -0.15) is 0 Å². The van der Waals surface area contributed by atoms with Crippen molar-refractivity contribution >= 4 is 11.6 Å². The van der Waals surface area contributed by atoms with Gasteiger partial charge in [-0.1, -0.05) is 36.7 Å². The Hall–Kier alpha value is -1.52. The lowest BCUT2D eigenvalue weighted by atomic mass is 9.98. The van der Waals surface area contributed by atoms with Gasteiger partial charge in [-0.05, 0) is 30.7 Å². The molecule has 1 nitrogen and oxygen atoms in total. The van der Waals surface area contributed by atoms with Crippen LogP contribution in [0.3, 0.4) is 0 Å². The highest BCUT2D eigenvalue weighted by atomic mass is 35.5. The zero-order valence-electron chi connectivity index (χ0n) is 11.5. The van der Waals surface area contributed by atoms with Crippen molar-refractivity contribution in [3.8, 4) is 0 Å². The molecule has 5 heteroatoms. The van der Waals surface area contributed by atoms with Crippen LogP contribution < -0.4 is 5.32 Å². The summed E-state index contributed by atoms with van der Waals surface area (Å²) in [6.45, 7) is 2.45. The van der Waals surface area contributed by atoms with E-state index in [1.165, 1.54) is 18.2 Å². The first-order chi connectivity index (χ1) is 10.0. The molecule has 0 aliphatic carbocycles. The normalized spacial score (nSPS) is 12.4. The average molecular weight is 314 g/mol. The molecule has 1 N–H and O–H groups in total. The van der Waals surface area contributed by atoms with Crippen LogP contribution in [-0.4, -0.2) is 6.54 Å². The first-order valence-corrected chi connectivity index (χ1v) is 7.02. The maximum absolute atomic E-state index is 14.1. The molecule has 2 rings (SSSR count). The van der Waals surface area contributed by atoms with Gasteiger partial charge in [0, 0.05) is 17.7 Å². The standard InChI is InChI=1S/C16H15ClF3N/c1-2-21-15(12-4-3-5-13(17)16(12)20)8-10-6-7-11(18)9-14(10)19/h3-7,9,15,21H,2,8H2,1H3. The van der Waals surface area contributed by atoms with E-state index >= 15 is 0 Å². The van der Waals surface area contributed by atoms with Crippen molar-refractivity contribution in [1.82, 2.24) is 5.32 Å². The Morgan fingerprint density at radius 1 is 1.14 bits per heavy atom. The van der Waals surface area contributed by atoms with E-state index in [2.05, 4.69) is 5.32 Å². The first-order valence-electron chi connectivity index (χ1n) is 6.64. The molecule has 112 valence electrons. The molecule has 1 atom stereocenters. The topological polar surface area (TPSA) is 12.0 Å². The third-order valence-electron chi connectivity index (χ3n) is 3.25. The van der Waals surface area contributed by atoms with Gasteiger partial charge in [-0.25, -0.2) is 13.2 Å². The number of hydrogen-bond donors (Lipinski definition) is 1. The number of rotatable bonds is 5. The molecular weight excluding hydrogens is 299 g/mol. The summed E-state index contributed by atoms with van der Waals surface area (Å²) in [5, 5.41) is 3.12. The minimum atomic E-state index is -0.639. The molecule has 2 aromatic carbocycles. The van der Waals surface area contributed by atoms with Crippen LogP contribution in [0.4, 0.5) is 13.2 Å². The molecule has 21 heavy (non-hydrogen) atoms. The van der Waals surface area contributed by atoms with Crippen LogP contribution >= 0.6 is 11.6 Å². The van der Waals surface area contributed by atoms with E-state index in [0.29, 0.717) is 17.7 Å². The van der Waals surface area contributed by atoms with E-state index in [1.807, 2.05) is 6.92 Å². The number of hydrogen-bond acceptors (Lipinski definition) is 1. The van der Waals surface area contributed by atoms with E-state index in [-0.39, 0.29) is 11.4 Å². The van der Waals surface area contributed by atoms with E-state index < -0.39 is 23.5 Å². The van der Waals surface area contributed by atoms with Crippen molar-refractivity contribution in [3.63, 3.8) is 0 Å². The second-order valence-corrected chi connectivity index (χ2v) is 5.10. The molecule has 0 aliphatic rings. The Kier molecular flexibility index (Phi) is 5.26. The summed E-state index contributed by atoms with van der Waals surface area (Å²) in [6, 6.07) is 7.66. The van der Waals surface area contributed by atoms with Crippen molar-refractivity contribution in [2.24, 2.45) is 0 Å². The number of benzene rings is 2. The molecule has 0 amide bonds. The van der Waals surface area contributed by atoms with Crippen LogP contribution in [-0.2, 0) is 6.42 Å². The fourth-order valence-electron chi connectivity index (χ4n) is 2.24. The van der Waals surface area contributed by atoms with Gasteiger partial charge in [0.1, 0.15) is 17.5 Å². The van der Waals surface area contributed by atoms with Crippen molar-refractivity contribution in [1.29, 1.82) is 0 Å². The Balaban J connectivity index is 2.33. The molecular formula is C16H15ClF3N. The van der Waals surface area contributed by atoms with Gasteiger partial charge >= 0.3 is 0 Å². The van der Waals surface area contributed by atoms with E-state index in [0.717, 1.165) is 6.07 Å². The van der Waals surface area contributed by atoms with Crippen LogP contribution in [0.5, 0.6) is 0 Å². The van der Waals surface area contributed by atoms with Gasteiger partial charge in [-0.3, -0.25) is 0 Å². The van der Waals surface area contributed by atoms with Gasteiger partial charge in [-0.15, -0.1) is 0 Å². The molecule has 0 fully saturated rings. The number of halogens is 4. The third kappa shape index (κ3) is 3.77. The summed E-state index contributed by atoms with van der Waals surface area (Å²) in [5.41, 5.74) is 0.690. The smallest absolute Gasteiger partial charge is 0.146 e. The molecule has 0 aliphatic heterocycles. The Morgan fingerprint density at radius 3 is 2.57 bits per heavy atom. The summed E-state index contributed by atoms with van der Waals surface area (Å²) in [6.07, 6.45) is 0.206. The summed E-state index contributed by atoms with van der Waals surface area (Å²) in [5.74, 6) is -1.79. The molecule has 0 saturated carbocycles. The summed E-state index contributed by atoms with van der Waals surface area (Å²) in [4.78, 5) is 0. The highest BCUT2D eigenvalue weighted by molar-refractivity contribution is 6.30. The molecule has 0 radical (unpaired) electrons. The van der Waals surface area contributed by atoms with E-state index in [1.54, 1.807) is 12.1 Å². The maximum atomic E-state index is 14.1. The quantitative estimate of drug-likeness (QED) is 0.847. The average Bonchev–Trinajstić information content (AvgIpc) is 2.44. The van der Waals surface area contributed by atoms with Crippen molar-refractivity contribution in [3.05, 3.63) is 70.0 Å². The lowest BCUT2D eigenvalue weighted by molar-refractivity contribution is 0.495. The predicted molar refractivity (Wildman–Crippen MR) is 77.9 cm³/mol. The van der Waals surface area contributed by atoms with Crippen molar-refractivity contribution < 1.29 is 13.2 Å². The van der Waals surface area contributed by atoms with Crippen molar-refractivity contribution in [2.75, 3.05) is 6.54 Å². The molecule has 0 aromatic heterocycles. The lowest BCUT2D eigenvalue weighted by Gasteiger charge is -2.20. The Labute approximate surface area is 126 Å². The summed E-state index contributed by atoms with van der Waals surface area (Å²) < 4.78 is 40.8. The van der Waals surface area contributed by atoms with Gasteiger partial charge in [0.05, 0.1) is 5.02 Å². The van der Waals surface area contributed by atoms with Gasteiger partial charge in [0.25, 0.3) is 0 Å². The predicted octanol–water partition coefficient (Wildman–Crippen LogP) is 4.65. The maximum Gasteiger partial charge on any atom is 0.146 e. The SMILES string of the molecule is CCNC(Cc1ccc(F)cc1F)c1cccc(Cl)c1F. The third-order valence-corrected chi connectivity index (χ3v) is 3.54. The van der Waals surface area contributed by atoms with Crippen molar-refractivity contribution in [2.45, 2.75) is 19.4 Å². The summed E-state index contributed by atoms with van der Waals surface area (Å²) >= 11 is 5.79. The highest BCUT2D eigenvalue weighted by Crippen LogP contribution is 2.26. The van der Waals surface area contributed by atoms with Crippen LogP contribution in [0.2, 0.25) is 5.02 Å². The molecule has 0 saturated heterocycles. The zero-order chi connectivity index (χ0) is 15.4. The minimum Gasteiger partial charge on any atom is -0.310 e. The van der Waals surface area contributed by atoms with Crippen LogP contribution in [0.25, 0.3) is 0 Å². The monoisotopic (exact) mass is 313 g/mol. The van der Waals surface area contributed by atoms with E-state index in [4.69, 9.17) is 11.6 Å². The molecule has 1 unspecified atom stereocenters.